The fourth-order valence-corrected chi connectivity index (χ4v) is 5.46. The van der Waals surface area contributed by atoms with E-state index in [-0.39, 0.29) is 16.9 Å². The lowest BCUT2D eigenvalue weighted by atomic mass is 10.0. The summed E-state index contributed by atoms with van der Waals surface area (Å²) in [6.07, 6.45) is 4.85. The second-order valence-corrected chi connectivity index (χ2v) is 9.23. The number of carbonyl (C=O) groups is 1. The molecular formula is C24H22FN3O3S. The Balaban J connectivity index is 1.77. The minimum atomic E-state index is -0.525. The van der Waals surface area contributed by atoms with Gasteiger partial charge in [-0.05, 0) is 47.9 Å². The van der Waals surface area contributed by atoms with Crippen molar-refractivity contribution >= 4 is 33.4 Å². The van der Waals surface area contributed by atoms with E-state index in [9.17, 15) is 14.4 Å². The van der Waals surface area contributed by atoms with Gasteiger partial charge in [0.05, 0.1) is 10.2 Å². The number of pyridine rings is 2. The standard InChI is InChI=1S/C24H22FN3O3S/c25-18-13-27-19(11-17(18)15-5-3-14(12-26)4-6-15)20(16-7-8-16)22-21(23(27)30)24(31)28(32-22)9-1-2-10-29/h3-6,10-11,13,16H,1-2,7-9,12,26H2. The van der Waals surface area contributed by atoms with E-state index in [0.717, 1.165) is 30.3 Å². The molecule has 0 unspecified atom stereocenters. The van der Waals surface area contributed by atoms with Crippen molar-refractivity contribution in [2.75, 3.05) is 0 Å². The lowest BCUT2D eigenvalue weighted by Crippen LogP contribution is -2.23. The van der Waals surface area contributed by atoms with Gasteiger partial charge in [0.15, 0.2) is 0 Å². The van der Waals surface area contributed by atoms with Gasteiger partial charge < -0.3 is 10.5 Å². The molecule has 3 aromatic heterocycles. The van der Waals surface area contributed by atoms with Crippen LogP contribution in [-0.2, 0) is 17.9 Å². The molecule has 1 aliphatic rings. The second-order valence-electron chi connectivity index (χ2n) is 8.20. The Morgan fingerprint density at radius 1 is 1.16 bits per heavy atom. The molecule has 0 spiro atoms. The average Bonchev–Trinajstić information content (AvgIpc) is 3.58. The molecule has 1 saturated carbocycles. The van der Waals surface area contributed by atoms with Crippen LogP contribution in [0.1, 0.15) is 42.7 Å². The highest BCUT2D eigenvalue weighted by molar-refractivity contribution is 7.14. The first kappa shape index (κ1) is 20.8. The average molecular weight is 452 g/mol. The Hall–Kier alpha value is -3.10. The summed E-state index contributed by atoms with van der Waals surface area (Å²) in [5, 5.41) is 0.111. The molecule has 0 bridgehead atoms. The molecule has 0 atom stereocenters. The Labute approximate surface area is 186 Å². The second kappa shape index (κ2) is 8.11. The quantitative estimate of drug-likeness (QED) is 0.342. The van der Waals surface area contributed by atoms with Crippen LogP contribution in [0.2, 0.25) is 0 Å². The number of carbonyl (C=O) groups excluding carboxylic acids is 1. The summed E-state index contributed by atoms with van der Waals surface area (Å²) >= 11 is 1.28. The van der Waals surface area contributed by atoms with Gasteiger partial charge in [0.25, 0.3) is 11.1 Å². The Kier molecular flexibility index (Phi) is 5.27. The maximum absolute atomic E-state index is 15.1. The topological polar surface area (TPSA) is 86.6 Å². The SMILES string of the molecule is NCc1ccc(-c2cc3c(C4CC4)c4sn(CCCC=O)c(=O)c4c(=O)n3cc2F)cc1. The number of fused-ring (bicyclic) bond motifs is 2. The van der Waals surface area contributed by atoms with Crippen molar-refractivity contribution in [2.24, 2.45) is 5.73 Å². The lowest BCUT2D eigenvalue weighted by molar-refractivity contribution is -0.107. The van der Waals surface area contributed by atoms with Gasteiger partial charge in [0, 0.05) is 31.3 Å². The van der Waals surface area contributed by atoms with Gasteiger partial charge in [-0.3, -0.25) is 17.9 Å². The zero-order chi connectivity index (χ0) is 22.4. The number of hydrogen-bond donors (Lipinski definition) is 1. The first-order valence-electron chi connectivity index (χ1n) is 10.7. The summed E-state index contributed by atoms with van der Waals surface area (Å²) in [5.74, 6) is -0.282. The van der Waals surface area contributed by atoms with Crippen LogP contribution in [-0.4, -0.2) is 14.6 Å². The molecule has 1 aromatic carbocycles. The number of aromatic nitrogens is 2. The molecular weight excluding hydrogens is 429 g/mol. The normalized spacial score (nSPS) is 13.8. The van der Waals surface area contributed by atoms with Crippen molar-refractivity contribution in [3.63, 3.8) is 0 Å². The minimum Gasteiger partial charge on any atom is -0.326 e. The summed E-state index contributed by atoms with van der Waals surface area (Å²) in [6.45, 7) is 0.789. The number of hydrogen-bond acceptors (Lipinski definition) is 5. The fourth-order valence-electron chi connectivity index (χ4n) is 4.21. The zero-order valence-corrected chi connectivity index (χ0v) is 18.2. The van der Waals surface area contributed by atoms with Crippen LogP contribution in [0.4, 0.5) is 4.39 Å². The van der Waals surface area contributed by atoms with Crippen LogP contribution >= 0.6 is 11.5 Å². The smallest absolute Gasteiger partial charge is 0.274 e. The van der Waals surface area contributed by atoms with E-state index in [0.29, 0.717) is 47.3 Å². The third-order valence-electron chi connectivity index (χ3n) is 6.03. The van der Waals surface area contributed by atoms with Crippen molar-refractivity contribution in [2.45, 2.75) is 44.7 Å². The predicted molar refractivity (Wildman–Crippen MR) is 124 cm³/mol. The van der Waals surface area contributed by atoms with Crippen LogP contribution in [0.3, 0.4) is 0 Å². The highest BCUT2D eigenvalue weighted by atomic mass is 32.1. The van der Waals surface area contributed by atoms with Crippen molar-refractivity contribution in [3.8, 4) is 11.1 Å². The van der Waals surface area contributed by atoms with Crippen LogP contribution in [0, 0.1) is 5.82 Å². The number of benzene rings is 1. The molecule has 0 saturated heterocycles. The molecule has 1 fully saturated rings. The summed E-state index contributed by atoms with van der Waals surface area (Å²) in [6, 6.07) is 9.10. The van der Waals surface area contributed by atoms with Gasteiger partial charge in [-0.2, -0.15) is 0 Å². The number of nitrogens with two attached hydrogens (primary N) is 1. The molecule has 8 heteroatoms. The van der Waals surface area contributed by atoms with E-state index >= 15 is 4.39 Å². The molecule has 3 heterocycles. The first-order chi connectivity index (χ1) is 15.5. The number of aldehydes is 1. The van der Waals surface area contributed by atoms with Crippen LogP contribution in [0.25, 0.3) is 26.7 Å². The van der Waals surface area contributed by atoms with Gasteiger partial charge in [-0.15, -0.1) is 0 Å². The predicted octanol–water partition coefficient (Wildman–Crippen LogP) is 3.80. The Morgan fingerprint density at radius 3 is 2.56 bits per heavy atom. The van der Waals surface area contributed by atoms with Crippen molar-refractivity contribution in [3.05, 3.63) is 74.2 Å². The first-order valence-corrected chi connectivity index (χ1v) is 11.5. The van der Waals surface area contributed by atoms with Crippen molar-refractivity contribution in [1.29, 1.82) is 0 Å². The molecule has 2 N–H and O–H groups in total. The molecule has 0 amide bonds. The largest absolute Gasteiger partial charge is 0.326 e. The molecule has 1 aliphatic carbocycles. The van der Waals surface area contributed by atoms with E-state index in [2.05, 4.69) is 0 Å². The van der Waals surface area contributed by atoms with E-state index in [1.54, 1.807) is 10.0 Å². The summed E-state index contributed by atoms with van der Waals surface area (Å²) < 4.78 is 18.6. The fraction of sp³-hybridized carbons (Fsp3) is 0.292. The van der Waals surface area contributed by atoms with Crippen LogP contribution < -0.4 is 16.9 Å². The summed E-state index contributed by atoms with van der Waals surface area (Å²) in [4.78, 5) is 36.9. The lowest BCUT2D eigenvalue weighted by Gasteiger charge is -2.12. The Bertz CT molecular complexity index is 1460. The van der Waals surface area contributed by atoms with Gasteiger partial charge >= 0.3 is 0 Å². The zero-order valence-electron chi connectivity index (χ0n) is 17.3. The highest BCUT2D eigenvalue weighted by Gasteiger charge is 2.31. The van der Waals surface area contributed by atoms with Gasteiger partial charge in [-0.1, -0.05) is 35.8 Å². The molecule has 32 heavy (non-hydrogen) atoms. The monoisotopic (exact) mass is 451 g/mol. The molecule has 6 nitrogen and oxygen atoms in total. The highest BCUT2D eigenvalue weighted by Crippen LogP contribution is 2.46. The number of nitrogens with zero attached hydrogens (tertiary/aromatic N) is 2. The number of aryl methyl sites for hydroxylation is 1. The van der Waals surface area contributed by atoms with Crippen LogP contribution in [0.5, 0.6) is 0 Å². The summed E-state index contributed by atoms with van der Waals surface area (Å²) in [5.41, 5.74) is 8.46. The molecule has 0 aliphatic heterocycles. The van der Waals surface area contributed by atoms with Crippen molar-refractivity contribution in [1.82, 2.24) is 8.36 Å². The molecule has 4 aromatic rings. The number of halogens is 1. The van der Waals surface area contributed by atoms with E-state index in [4.69, 9.17) is 5.73 Å². The minimum absolute atomic E-state index is 0.111. The third kappa shape index (κ3) is 3.40. The Morgan fingerprint density at radius 2 is 1.91 bits per heavy atom. The van der Waals surface area contributed by atoms with E-state index in [1.807, 2.05) is 24.3 Å². The van der Waals surface area contributed by atoms with Gasteiger partial charge in [-0.25, -0.2) is 4.39 Å². The van der Waals surface area contributed by atoms with Crippen LogP contribution in [0.15, 0.2) is 46.1 Å². The number of unbranched alkanes of at least 4 members (excludes halogenated alkanes) is 1. The number of rotatable bonds is 7. The van der Waals surface area contributed by atoms with E-state index < -0.39 is 11.4 Å². The maximum atomic E-state index is 15.1. The van der Waals surface area contributed by atoms with Crippen molar-refractivity contribution < 1.29 is 9.18 Å². The third-order valence-corrected chi connectivity index (χ3v) is 7.21. The summed E-state index contributed by atoms with van der Waals surface area (Å²) in [7, 11) is 0. The van der Waals surface area contributed by atoms with Gasteiger partial charge in [0.1, 0.15) is 17.5 Å². The van der Waals surface area contributed by atoms with Gasteiger partial charge in [0.2, 0.25) is 0 Å². The van der Waals surface area contributed by atoms with E-state index in [1.165, 1.54) is 22.1 Å². The molecule has 5 rings (SSSR count). The molecule has 0 radical (unpaired) electrons. The molecule has 164 valence electrons. The maximum Gasteiger partial charge on any atom is 0.274 e.